The number of fused-ring (bicyclic) bond motifs is 1. The summed E-state index contributed by atoms with van der Waals surface area (Å²) in [6, 6.07) is 22.7. The minimum Gasteiger partial charge on any atom is -0.322 e. The average Bonchev–Trinajstić information content (AvgIpc) is 2.62. The minimum absolute atomic E-state index is 0.0634. The molecule has 1 aromatic heterocycles. The van der Waals surface area contributed by atoms with E-state index in [1.54, 1.807) is 6.07 Å². The third-order valence-electron chi connectivity index (χ3n) is 4.88. The summed E-state index contributed by atoms with van der Waals surface area (Å²) in [5.41, 5.74) is 4.68. The second-order valence-corrected chi connectivity index (χ2v) is 6.30. The van der Waals surface area contributed by atoms with Crippen molar-refractivity contribution in [2.45, 2.75) is 5.92 Å². The van der Waals surface area contributed by atoms with E-state index in [0.29, 0.717) is 0 Å². The van der Waals surface area contributed by atoms with Crippen LogP contribution in [0, 0.1) is 0 Å². The lowest BCUT2D eigenvalue weighted by molar-refractivity contribution is 1.04. The summed E-state index contributed by atoms with van der Waals surface area (Å²) < 4.78 is 0. The number of hydrogen-bond acceptors (Lipinski definition) is 1. The van der Waals surface area contributed by atoms with Gasteiger partial charge in [0.2, 0.25) is 5.56 Å². The summed E-state index contributed by atoms with van der Waals surface area (Å²) >= 11 is 0. The summed E-state index contributed by atoms with van der Waals surface area (Å²) in [6.45, 7) is 0. The van der Waals surface area contributed by atoms with Gasteiger partial charge in [0.05, 0.1) is 0 Å². The Morgan fingerprint density at radius 1 is 0.833 bits per heavy atom. The summed E-state index contributed by atoms with van der Waals surface area (Å²) in [5, 5.41) is 3.69. The molecule has 3 aromatic carbocycles. The molecule has 24 heavy (non-hydrogen) atoms. The van der Waals surface area contributed by atoms with Crippen molar-refractivity contribution in [2.24, 2.45) is 0 Å². The molecule has 1 atom stereocenters. The van der Waals surface area contributed by atoms with Gasteiger partial charge in [0.25, 0.3) is 0 Å². The van der Waals surface area contributed by atoms with Gasteiger partial charge in [-0.1, -0.05) is 54.6 Å². The second-order valence-electron chi connectivity index (χ2n) is 6.30. The lowest BCUT2D eigenvalue weighted by Gasteiger charge is -2.22. The molecule has 0 spiro atoms. The fourth-order valence-corrected chi connectivity index (χ4v) is 3.76. The Kier molecular flexibility index (Phi) is 2.74. The first kappa shape index (κ1) is 13.3. The third kappa shape index (κ3) is 1.93. The van der Waals surface area contributed by atoms with Crippen LogP contribution in [-0.4, -0.2) is 4.98 Å². The predicted octanol–water partition coefficient (Wildman–Crippen LogP) is 4.84. The van der Waals surface area contributed by atoms with Crippen molar-refractivity contribution in [1.82, 2.24) is 4.98 Å². The molecule has 1 N–H and O–H groups in total. The highest BCUT2D eigenvalue weighted by Crippen LogP contribution is 2.38. The van der Waals surface area contributed by atoms with Crippen molar-refractivity contribution in [3.8, 4) is 0 Å². The zero-order valence-electron chi connectivity index (χ0n) is 13.0. The van der Waals surface area contributed by atoms with Crippen LogP contribution in [0.5, 0.6) is 0 Å². The highest BCUT2D eigenvalue weighted by Gasteiger charge is 2.19. The molecule has 5 rings (SSSR count). The van der Waals surface area contributed by atoms with Crippen molar-refractivity contribution < 1.29 is 0 Å². The number of benzene rings is 3. The Morgan fingerprint density at radius 2 is 1.71 bits per heavy atom. The molecule has 1 unspecified atom stereocenters. The highest BCUT2D eigenvalue weighted by atomic mass is 16.1. The Bertz CT molecular complexity index is 1180. The van der Waals surface area contributed by atoms with Crippen LogP contribution in [0.25, 0.3) is 27.8 Å². The van der Waals surface area contributed by atoms with Crippen molar-refractivity contribution in [1.29, 1.82) is 0 Å². The van der Waals surface area contributed by atoms with Crippen LogP contribution in [0.3, 0.4) is 0 Å². The SMILES string of the molecule is O=c1ccc2cc(C3C=Cc4cccc5cccc3c45)ccc2[nH]1. The Balaban J connectivity index is 1.74. The molecule has 1 heterocycles. The van der Waals surface area contributed by atoms with Gasteiger partial charge in [-0.3, -0.25) is 4.79 Å². The van der Waals surface area contributed by atoms with Gasteiger partial charge < -0.3 is 4.98 Å². The van der Waals surface area contributed by atoms with Gasteiger partial charge in [-0.25, -0.2) is 0 Å². The number of aromatic amines is 1. The lowest BCUT2D eigenvalue weighted by Crippen LogP contribution is -2.05. The van der Waals surface area contributed by atoms with Gasteiger partial charge >= 0.3 is 0 Å². The second kappa shape index (κ2) is 4.93. The monoisotopic (exact) mass is 309 g/mol. The third-order valence-corrected chi connectivity index (χ3v) is 4.88. The van der Waals surface area contributed by atoms with Gasteiger partial charge in [-0.05, 0) is 51.0 Å². The summed E-state index contributed by atoms with van der Waals surface area (Å²) in [7, 11) is 0. The molecule has 0 radical (unpaired) electrons. The lowest BCUT2D eigenvalue weighted by atomic mass is 9.82. The van der Waals surface area contributed by atoms with Crippen LogP contribution >= 0.6 is 0 Å². The van der Waals surface area contributed by atoms with Crippen molar-refractivity contribution in [3.63, 3.8) is 0 Å². The molecule has 114 valence electrons. The van der Waals surface area contributed by atoms with Crippen LogP contribution in [-0.2, 0) is 0 Å². The van der Waals surface area contributed by atoms with E-state index in [1.165, 1.54) is 27.5 Å². The largest absolute Gasteiger partial charge is 0.322 e. The number of rotatable bonds is 1. The molecule has 0 aliphatic heterocycles. The molecule has 2 heteroatoms. The zero-order chi connectivity index (χ0) is 16.1. The quantitative estimate of drug-likeness (QED) is 0.536. The Hall–Kier alpha value is -3.13. The van der Waals surface area contributed by atoms with Crippen LogP contribution in [0.4, 0.5) is 0 Å². The van der Waals surface area contributed by atoms with Crippen LogP contribution in [0.2, 0.25) is 0 Å². The fraction of sp³-hybridized carbons (Fsp3) is 0.0455. The highest BCUT2D eigenvalue weighted by molar-refractivity contribution is 5.96. The van der Waals surface area contributed by atoms with Crippen LogP contribution < -0.4 is 5.56 Å². The molecule has 0 fully saturated rings. The Morgan fingerprint density at radius 3 is 2.62 bits per heavy atom. The van der Waals surface area contributed by atoms with Crippen molar-refractivity contribution >= 4 is 27.8 Å². The first-order valence-corrected chi connectivity index (χ1v) is 8.12. The van der Waals surface area contributed by atoms with Gasteiger partial charge in [-0.15, -0.1) is 0 Å². The number of aromatic nitrogens is 1. The van der Waals surface area contributed by atoms with E-state index in [-0.39, 0.29) is 11.5 Å². The number of nitrogens with one attached hydrogen (secondary N) is 1. The first-order valence-electron chi connectivity index (χ1n) is 8.12. The molecule has 4 aromatic rings. The van der Waals surface area contributed by atoms with E-state index in [4.69, 9.17) is 0 Å². The van der Waals surface area contributed by atoms with Crippen LogP contribution in [0.1, 0.15) is 22.6 Å². The molecular formula is C22H15NO. The first-order chi connectivity index (χ1) is 11.8. The van der Waals surface area contributed by atoms with E-state index >= 15 is 0 Å². The number of H-pyrrole nitrogens is 1. The molecular weight excluding hydrogens is 294 g/mol. The smallest absolute Gasteiger partial charge is 0.248 e. The molecule has 1 aliphatic rings. The maximum absolute atomic E-state index is 11.5. The zero-order valence-corrected chi connectivity index (χ0v) is 13.0. The van der Waals surface area contributed by atoms with Gasteiger partial charge in [-0.2, -0.15) is 0 Å². The fourth-order valence-electron chi connectivity index (χ4n) is 3.76. The average molecular weight is 309 g/mol. The van der Waals surface area contributed by atoms with E-state index in [0.717, 1.165) is 10.9 Å². The van der Waals surface area contributed by atoms with Crippen molar-refractivity contribution in [2.75, 3.05) is 0 Å². The number of hydrogen-bond donors (Lipinski definition) is 1. The van der Waals surface area contributed by atoms with E-state index in [2.05, 4.69) is 65.7 Å². The molecule has 2 nitrogen and oxygen atoms in total. The standard InChI is InChI=1S/C22H15NO/c24-21-12-9-17-13-16(8-11-20(17)23-21)18-10-7-15-4-1-3-14-5-2-6-19(18)22(14)15/h1-13,18H,(H,23,24). The summed E-state index contributed by atoms with van der Waals surface area (Å²) in [6.07, 6.45) is 4.49. The normalized spacial score (nSPS) is 15.9. The minimum atomic E-state index is -0.0634. The maximum Gasteiger partial charge on any atom is 0.248 e. The molecule has 1 aliphatic carbocycles. The predicted molar refractivity (Wildman–Crippen MR) is 99.4 cm³/mol. The Labute approximate surface area is 139 Å². The maximum atomic E-state index is 11.5. The number of allylic oxidation sites excluding steroid dienone is 1. The van der Waals surface area contributed by atoms with Gasteiger partial charge in [0.15, 0.2) is 0 Å². The van der Waals surface area contributed by atoms with E-state index in [1.807, 2.05) is 12.1 Å². The molecule has 0 saturated carbocycles. The molecule has 0 bridgehead atoms. The van der Waals surface area contributed by atoms with Gasteiger partial charge in [0.1, 0.15) is 0 Å². The topological polar surface area (TPSA) is 32.9 Å². The molecule has 0 saturated heterocycles. The van der Waals surface area contributed by atoms with Crippen LogP contribution in [0.15, 0.2) is 77.6 Å². The van der Waals surface area contributed by atoms with E-state index < -0.39 is 0 Å². The van der Waals surface area contributed by atoms with Crippen molar-refractivity contribution in [3.05, 3.63) is 99.9 Å². The van der Waals surface area contributed by atoms with E-state index in [9.17, 15) is 4.79 Å². The number of pyridine rings is 1. The molecule has 0 amide bonds. The summed E-state index contributed by atoms with van der Waals surface area (Å²) in [4.78, 5) is 14.3. The van der Waals surface area contributed by atoms with Gasteiger partial charge in [0, 0.05) is 17.5 Å². The summed E-state index contributed by atoms with van der Waals surface area (Å²) in [5.74, 6) is 0.236.